The number of hydrogen-bond acceptors (Lipinski definition) is 4. The number of hydrogen-bond donors (Lipinski definition) is 3. The first-order valence-electron chi connectivity index (χ1n) is 9.75. The van der Waals surface area contributed by atoms with Crippen LogP contribution in [0.5, 0.6) is 0 Å². The lowest BCUT2D eigenvalue weighted by Crippen LogP contribution is -2.51. The second kappa shape index (κ2) is 9.21. The number of H-pyrrole nitrogens is 1. The van der Waals surface area contributed by atoms with Crippen LogP contribution in [0.4, 0.5) is 13.2 Å². The van der Waals surface area contributed by atoms with Gasteiger partial charge in [-0.2, -0.15) is 17.5 Å². The zero-order chi connectivity index (χ0) is 21.8. The molecule has 8 nitrogen and oxygen atoms in total. The highest BCUT2D eigenvalue weighted by atomic mass is 32.2. The average Bonchev–Trinajstić information content (AvgIpc) is 3.10. The molecule has 3 rings (SSSR count). The van der Waals surface area contributed by atoms with Crippen LogP contribution >= 0.6 is 0 Å². The summed E-state index contributed by atoms with van der Waals surface area (Å²) in [5.41, 5.74) is -3.41. The molecule has 30 heavy (non-hydrogen) atoms. The molecule has 3 N–H and O–H groups in total. The fraction of sp³-hybridized carbons (Fsp3) is 0.556. The molecule has 1 aliphatic heterocycles. The molecule has 1 fully saturated rings. The number of halogens is 3. The van der Waals surface area contributed by atoms with Crippen molar-refractivity contribution in [3.8, 4) is 0 Å². The van der Waals surface area contributed by atoms with Crippen LogP contribution < -0.4 is 10.6 Å². The molecule has 0 radical (unpaired) electrons. The van der Waals surface area contributed by atoms with Crippen LogP contribution in [-0.4, -0.2) is 66.4 Å². The Morgan fingerprint density at radius 3 is 2.63 bits per heavy atom. The maximum atomic E-state index is 12.7. The number of sulfonamides is 1. The number of piperidine rings is 1. The largest absolute Gasteiger partial charge is 0.511 e. The number of imidazole rings is 1. The summed E-state index contributed by atoms with van der Waals surface area (Å²) in [6, 6.07) is 7.57. The Labute approximate surface area is 173 Å². The topological polar surface area (TPSA) is 102 Å². The molecule has 1 aromatic carbocycles. The van der Waals surface area contributed by atoms with E-state index >= 15 is 0 Å². The second-order valence-electron chi connectivity index (χ2n) is 6.98. The highest BCUT2D eigenvalue weighted by molar-refractivity contribution is 7.90. The number of rotatable bonds is 6. The van der Waals surface area contributed by atoms with Crippen LogP contribution in [0.1, 0.15) is 25.6 Å². The summed E-state index contributed by atoms with van der Waals surface area (Å²) in [5.74, 6) is 1.37. The van der Waals surface area contributed by atoms with Crippen LogP contribution in [0.25, 0.3) is 11.0 Å². The number of guanidine groups is 1. The van der Waals surface area contributed by atoms with E-state index in [4.69, 9.17) is 0 Å². The van der Waals surface area contributed by atoms with Crippen LogP contribution in [0.15, 0.2) is 29.3 Å². The van der Waals surface area contributed by atoms with Crippen molar-refractivity contribution in [2.24, 2.45) is 4.99 Å². The van der Waals surface area contributed by atoms with E-state index in [0.29, 0.717) is 29.8 Å². The summed E-state index contributed by atoms with van der Waals surface area (Å²) in [6.07, 6.45) is 1.14. The van der Waals surface area contributed by atoms with Gasteiger partial charge in [0.05, 0.1) is 11.0 Å². The minimum Gasteiger partial charge on any atom is -0.357 e. The highest BCUT2D eigenvalue weighted by Gasteiger charge is 2.50. The summed E-state index contributed by atoms with van der Waals surface area (Å²) in [5, 5.41) is 6.29. The maximum Gasteiger partial charge on any atom is 0.511 e. The number of nitrogens with zero attached hydrogens (tertiary/aromatic N) is 3. The molecule has 0 saturated carbocycles. The van der Waals surface area contributed by atoms with E-state index in [1.54, 1.807) is 0 Å². The third-order valence-electron chi connectivity index (χ3n) is 4.83. The van der Waals surface area contributed by atoms with Crippen LogP contribution in [0, 0.1) is 0 Å². The van der Waals surface area contributed by atoms with Gasteiger partial charge in [-0.05, 0) is 31.9 Å². The normalized spacial score (nSPS) is 17.4. The Bertz CT molecular complexity index is 948. The van der Waals surface area contributed by atoms with Crippen molar-refractivity contribution in [2.75, 3.05) is 26.2 Å². The smallest absolute Gasteiger partial charge is 0.357 e. The Hall–Kier alpha value is -2.34. The molecule has 12 heteroatoms. The Balaban J connectivity index is 1.54. The Kier molecular flexibility index (Phi) is 6.86. The number of alkyl halides is 3. The third-order valence-corrected chi connectivity index (χ3v) is 6.46. The van der Waals surface area contributed by atoms with Crippen LogP contribution in [0.2, 0.25) is 0 Å². The molecule has 0 amide bonds. The molecule has 2 aromatic rings. The minimum atomic E-state index is -5.27. The number of benzene rings is 1. The fourth-order valence-corrected chi connectivity index (χ4v) is 4.28. The van der Waals surface area contributed by atoms with Crippen molar-refractivity contribution in [1.29, 1.82) is 0 Å². The van der Waals surface area contributed by atoms with Gasteiger partial charge in [0, 0.05) is 38.6 Å². The lowest BCUT2D eigenvalue weighted by atomic mass is 10.1. The third kappa shape index (κ3) is 5.22. The van der Waals surface area contributed by atoms with Gasteiger partial charge in [0.25, 0.3) is 0 Å². The lowest BCUT2D eigenvalue weighted by Gasteiger charge is -2.32. The molecule has 0 atom stereocenters. The number of fused-ring (bicyclic) bond motifs is 1. The number of aliphatic imine (C=N–C) groups is 1. The van der Waals surface area contributed by atoms with Crippen molar-refractivity contribution in [3.63, 3.8) is 0 Å². The Morgan fingerprint density at radius 2 is 2.00 bits per heavy atom. The van der Waals surface area contributed by atoms with Gasteiger partial charge in [-0.3, -0.25) is 4.99 Å². The summed E-state index contributed by atoms with van der Waals surface area (Å²) in [6.45, 7) is 2.64. The zero-order valence-corrected chi connectivity index (χ0v) is 17.4. The van der Waals surface area contributed by atoms with Gasteiger partial charge in [0.15, 0.2) is 5.96 Å². The summed E-state index contributed by atoms with van der Waals surface area (Å²) in [7, 11) is -5.27. The van der Waals surface area contributed by atoms with Gasteiger partial charge in [0.1, 0.15) is 5.82 Å². The van der Waals surface area contributed by atoms with Crippen molar-refractivity contribution >= 4 is 27.0 Å². The molecule has 1 aromatic heterocycles. The van der Waals surface area contributed by atoms with Gasteiger partial charge in [-0.1, -0.05) is 12.1 Å². The minimum absolute atomic E-state index is 0.159. The highest BCUT2D eigenvalue weighted by Crippen LogP contribution is 2.28. The zero-order valence-electron chi connectivity index (χ0n) is 16.5. The van der Waals surface area contributed by atoms with Crippen LogP contribution in [0.3, 0.4) is 0 Å². The van der Waals surface area contributed by atoms with Gasteiger partial charge >= 0.3 is 15.5 Å². The van der Waals surface area contributed by atoms with E-state index in [-0.39, 0.29) is 32.0 Å². The van der Waals surface area contributed by atoms with Crippen molar-refractivity contribution < 1.29 is 21.6 Å². The standard InChI is InChI=1S/C18H25F3N6O2S/c1-2-22-17(23-10-7-16-25-14-5-3-4-6-15(14)26-16)24-13-8-11-27(12-9-13)30(28,29)18(19,20)21/h3-6,13H,2,7-12H2,1H3,(H,25,26)(H2,22,23,24). The van der Waals surface area contributed by atoms with E-state index in [1.807, 2.05) is 31.2 Å². The number of aromatic nitrogens is 2. The average molecular weight is 446 g/mol. The summed E-state index contributed by atoms with van der Waals surface area (Å²) in [4.78, 5) is 12.2. The molecule has 0 unspecified atom stereocenters. The fourth-order valence-electron chi connectivity index (χ4n) is 3.30. The van der Waals surface area contributed by atoms with E-state index in [0.717, 1.165) is 16.9 Å². The monoisotopic (exact) mass is 446 g/mol. The predicted molar refractivity (Wildman–Crippen MR) is 108 cm³/mol. The number of nitrogens with one attached hydrogen (secondary N) is 3. The second-order valence-corrected chi connectivity index (χ2v) is 8.91. The molecule has 166 valence electrons. The lowest BCUT2D eigenvalue weighted by molar-refractivity contribution is -0.0494. The molecular weight excluding hydrogens is 421 g/mol. The van der Waals surface area contributed by atoms with Crippen molar-refractivity contribution in [2.45, 2.75) is 37.7 Å². The first kappa shape index (κ1) is 22.3. The van der Waals surface area contributed by atoms with E-state index in [9.17, 15) is 21.6 Å². The van der Waals surface area contributed by atoms with Crippen molar-refractivity contribution in [3.05, 3.63) is 30.1 Å². The van der Waals surface area contributed by atoms with Gasteiger partial charge in [-0.15, -0.1) is 0 Å². The molecular formula is C18H25F3N6O2S. The SMILES string of the molecule is CCNC(=NCCc1nc2ccccc2[nH]1)NC1CCN(S(=O)(=O)C(F)(F)F)CC1. The summed E-state index contributed by atoms with van der Waals surface area (Å²) >= 11 is 0. The van der Waals surface area contributed by atoms with Gasteiger partial charge in [0.2, 0.25) is 0 Å². The first-order valence-corrected chi connectivity index (χ1v) is 11.2. The summed E-state index contributed by atoms with van der Waals surface area (Å²) < 4.78 is 61.6. The van der Waals surface area contributed by atoms with E-state index in [1.165, 1.54) is 0 Å². The Morgan fingerprint density at radius 1 is 1.30 bits per heavy atom. The molecule has 0 spiro atoms. The molecule has 0 aliphatic carbocycles. The van der Waals surface area contributed by atoms with Crippen molar-refractivity contribution in [1.82, 2.24) is 24.9 Å². The number of para-hydroxylation sites is 2. The van der Waals surface area contributed by atoms with Crippen LogP contribution in [-0.2, 0) is 16.4 Å². The maximum absolute atomic E-state index is 12.7. The molecule has 2 heterocycles. The van der Waals surface area contributed by atoms with E-state index in [2.05, 4.69) is 25.6 Å². The molecule has 1 saturated heterocycles. The molecule has 1 aliphatic rings. The van der Waals surface area contributed by atoms with E-state index < -0.39 is 15.5 Å². The first-order chi connectivity index (χ1) is 14.2. The predicted octanol–water partition coefficient (Wildman–Crippen LogP) is 1.97. The number of aromatic amines is 1. The van der Waals surface area contributed by atoms with Gasteiger partial charge in [-0.25, -0.2) is 13.4 Å². The quantitative estimate of drug-likeness (QED) is 0.465. The molecule has 0 bridgehead atoms. The van der Waals surface area contributed by atoms with Gasteiger partial charge < -0.3 is 15.6 Å².